The first kappa shape index (κ1) is 16.3. The summed E-state index contributed by atoms with van der Waals surface area (Å²) in [6.45, 7) is 7.01. The molecule has 5 nitrogen and oxygen atoms in total. The van der Waals surface area contributed by atoms with Gasteiger partial charge in [0, 0.05) is 37.4 Å². The van der Waals surface area contributed by atoms with Crippen LogP contribution in [-0.4, -0.2) is 34.7 Å². The number of nitrogens with zero attached hydrogens (tertiary/aromatic N) is 3. The first-order valence-electron chi connectivity index (χ1n) is 8.02. The second-order valence-corrected chi connectivity index (χ2v) is 5.75. The van der Waals surface area contributed by atoms with E-state index in [4.69, 9.17) is 9.47 Å². The summed E-state index contributed by atoms with van der Waals surface area (Å²) in [5, 5.41) is 5.74. The molecule has 3 rings (SSSR count). The maximum Gasteiger partial charge on any atom is 0.138 e. The van der Waals surface area contributed by atoms with Crippen molar-refractivity contribution in [2.75, 3.05) is 20.3 Å². The first-order valence-corrected chi connectivity index (χ1v) is 8.02. The molecule has 126 valence electrons. The molecule has 0 radical (unpaired) electrons. The molecule has 0 amide bonds. The second kappa shape index (κ2) is 6.93. The number of hydrogen-bond donors (Lipinski definition) is 0. The van der Waals surface area contributed by atoms with Crippen LogP contribution in [0.1, 0.15) is 11.3 Å². The Kier molecular flexibility index (Phi) is 4.71. The highest BCUT2D eigenvalue weighted by Gasteiger charge is 2.16. The Bertz CT molecular complexity index is 861. The maximum atomic E-state index is 5.75. The largest absolute Gasteiger partial charge is 0.491 e. The second-order valence-electron chi connectivity index (χ2n) is 5.75. The van der Waals surface area contributed by atoms with Crippen LogP contribution in [0.3, 0.4) is 0 Å². The van der Waals surface area contributed by atoms with Gasteiger partial charge in [0.05, 0.1) is 17.8 Å². The van der Waals surface area contributed by atoms with E-state index >= 15 is 0 Å². The zero-order valence-electron chi connectivity index (χ0n) is 14.5. The average molecular weight is 325 g/mol. The van der Waals surface area contributed by atoms with Crippen LogP contribution < -0.4 is 4.74 Å². The van der Waals surface area contributed by atoms with Crippen molar-refractivity contribution in [3.05, 3.63) is 54.4 Å². The molecule has 0 bridgehead atoms. The van der Waals surface area contributed by atoms with Crippen molar-refractivity contribution in [1.82, 2.24) is 14.3 Å². The van der Waals surface area contributed by atoms with E-state index in [1.54, 1.807) is 7.11 Å². The number of fused-ring (bicyclic) bond motifs is 1. The van der Waals surface area contributed by atoms with E-state index in [1.807, 2.05) is 30.8 Å². The van der Waals surface area contributed by atoms with Gasteiger partial charge in [-0.3, -0.25) is 4.68 Å². The van der Waals surface area contributed by atoms with E-state index < -0.39 is 0 Å². The average Bonchev–Trinajstić information content (AvgIpc) is 3.09. The number of allylic oxidation sites excluding steroid dienone is 1. The summed E-state index contributed by atoms with van der Waals surface area (Å²) >= 11 is 0. The van der Waals surface area contributed by atoms with Gasteiger partial charge in [-0.05, 0) is 31.5 Å². The highest BCUT2D eigenvalue weighted by atomic mass is 16.5. The summed E-state index contributed by atoms with van der Waals surface area (Å²) < 4.78 is 14.9. The Morgan fingerprint density at radius 3 is 2.83 bits per heavy atom. The molecule has 0 saturated carbocycles. The van der Waals surface area contributed by atoms with Gasteiger partial charge >= 0.3 is 0 Å². The van der Waals surface area contributed by atoms with Crippen LogP contribution in [-0.2, 0) is 18.2 Å². The van der Waals surface area contributed by atoms with Gasteiger partial charge in [-0.1, -0.05) is 6.08 Å². The predicted octanol–water partition coefficient (Wildman–Crippen LogP) is 3.43. The highest BCUT2D eigenvalue weighted by molar-refractivity contribution is 5.83. The minimum Gasteiger partial charge on any atom is -0.491 e. The summed E-state index contributed by atoms with van der Waals surface area (Å²) in [6.07, 6.45) is 4.78. The minimum atomic E-state index is 0.537. The third-order valence-electron chi connectivity index (χ3n) is 4.11. The first-order chi connectivity index (χ1) is 11.7. The van der Waals surface area contributed by atoms with Crippen LogP contribution in [0.2, 0.25) is 0 Å². The van der Waals surface area contributed by atoms with E-state index in [1.165, 1.54) is 5.56 Å². The molecule has 0 spiro atoms. The summed E-state index contributed by atoms with van der Waals surface area (Å²) in [5.74, 6) is 1.90. The van der Waals surface area contributed by atoms with Crippen LogP contribution in [0.25, 0.3) is 16.7 Å². The van der Waals surface area contributed by atoms with Gasteiger partial charge in [0.1, 0.15) is 18.2 Å². The molecule has 0 fully saturated rings. The quantitative estimate of drug-likeness (QED) is 0.494. The minimum absolute atomic E-state index is 0.537. The Morgan fingerprint density at radius 2 is 2.08 bits per heavy atom. The number of aryl methyl sites for hydroxylation is 2. The van der Waals surface area contributed by atoms with Crippen LogP contribution >= 0.6 is 0 Å². The molecule has 2 aromatic heterocycles. The molecule has 1 aromatic carbocycles. The molecule has 0 unspecified atom stereocenters. The predicted molar refractivity (Wildman–Crippen MR) is 96.1 cm³/mol. The lowest BCUT2D eigenvalue weighted by Gasteiger charge is -2.10. The monoisotopic (exact) mass is 325 g/mol. The Morgan fingerprint density at radius 1 is 1.25 bits per heavy atom. The number of hydrogen-bond acceptors (Lipinski definition) is 3. The maximum absolute atomic E-state index is 5.75. The van der Waals surface area contributed by atoms with E-state index in [9.17, 15) is 0 Å². The van der Waals surface area contributed by atoms with Gasteiger partial charge < -0.3 is 14.0 Å². The van der Waals surface area contributed by atoms with Crippen molar-refractivity contribution in [1.29, 1.82) is 0 Å². The van der Waals surface area contributed by atoms with Crippen molar-refractivity contribution < 1.29 is 9.47 Å². The van der Waals surface area contributed by atoms with Gasteiger partial charge in [0.25, 0.3) is 0 Å². The van der Waals surface area contributed by atoms with Gasteiger partial charge in [-0.25, -0.2) is 0 Å². The fourth-order valence-corrected chi connectivity index (χ4v) is 3.00. The van der Waals surface area contributed by atoms with Gasteiger partial charge in [-0.15, -0.1) is 6.58 Å². The highest BCUT2D eigenvalue weighted by Crippen LogP contribution is 2.27. The molecule has 0 aliphatic rings. The number of benzene rings is 1. The summed E-state index contributed by atoms with van der Waals surface area (Å²) in [5.41, 5.74) is 3.32. The topological polar surface area (TPSA) is 41.2 Å². The summed E-state index contributed by atoms with van der Waals surface area (Å²) in [7, 11) is 3.64. The van der Waals surface area contributed by atoms with Crippen molar-refractivity contribution >= 4 is 10.9 Å². The Labute approximate surface area is 142 Å². The zero-order chi connectivity index (χ0) is 17.1. The van der Waals surface area contributed by atoms with E-state index in [-0.39, 0.29) is 0 Å². The van der Waals surface area contributed by atoms with Crippen LogP contribution in [0, 0.1) is 6.92 Å². The fraction of sp³-hybridized carbons (Fsp3) is 0.316. The molecular weight excluding hydrogens is 302 g/mol. The number of aromatic nitrogens is 3. The standard InChI is InChI=1S/C19H23N3O2/c1-5-6-17-14(2)20-21(3)19(17)22-10-9-15-7-8-16(13-18(15)22)24-12-11-23-4/h5,7-10,13H,1,6,11-12H2,2-4H3. The number of rotatable bonds is 7. The van der Waals surface area contributed by atoms with E-state index in [0.717, 1.165) is 34.6 Å². The Balaban J connectivity index is 2.07. The van der Waals surface area contributed by atoms with Gasteiger partial charge in [0.15, 0.2) is 0 Å². The van der Waals surface area contributed by atoms with Crippen molar-refractivity contribution in [3.63, 3.8) is 0 Å². The molecular formula is C19H23N3O2. The smallest absolute Gasteiger partial charge is 0.138 e. The molecule has 24 heavy (non-hydrogen) atoms. The van der Waals surface area contributed by atoms with Gasteiger partial charge in [0.2, 0.25) is 0 Å². The molecule has 0 saturated heterocycles. The molecule has 0 N–H and O–H groups in total. The normalized spacial score (nSPS) is 11.1. The van der Waals surface area contributed by atoms with Crippen molar-refractivity contribution in [2.45, 2.75) is 13.3 Å². The summed E-state index contributed by atoms with van der Waals surface area (Å²) in [4.78, 5) is 0. The SMILES string of the molecule is C=CCc1c(C)nn(C)c1-n1ccc2ccc(OCCOC)cc21. The molecule has 0 aliphatic heterocycles. The van der Waals surface area contributed by atoms with Crippen LogP contribution in [0.15, 0.2) is 43.1 Å². The lowest BCUT2D eigenvalue weighted by Crippen LogP contribution is -2.05. The third-order valence-corrected chi connectivity index (χ3v) is 4.11. The molecule has 0 atom stereocenters. The lowest BCUT2D eigenvalue weighted by molar-refractivity contribution is 0.146. The van der Waals surface area contributed by atoms with E-state index in [2.05, 4.69) is 40.6 Å². The molecule has 2 heterocycles. The van der Waals surface area contributed by atoms with Crippen LogP contribution in [0.4, 0.5) is 0 Å². The van der Waals surface area contributed by atoms with Crippen molar-refractivity contribution in [2.24, 2.45) is 7.05 Å². The van der Waals surface area contributed by atoms with Crippen molar-refractivity contribution in [3.8, 4) is 11.6 Å². The number of methoxy groups -OCH3 is 1. The third kappa shape index (κ3) is 2.95. The number of ether oxygens (including phenoxy) is 2. The Hall–Kier alpha value is -2.53. The lowest BCUT2D eigenvalue weighted by atomic mass is 10.1. The molecule has 5 heteroatoms. The molecule has 0 aliphatic carbocycles. The van der Waals surface area contributed by atoms with E-state index in [0.29, 0.717) is 13.2 Å². The molecule has 3 aromatic rings. The zero-order valence-corrected chi connectivity index (χ0v) is 14.5. The summed E-state index contributed by atoms with van der Waals surface area (Å²) in [6, 6.07) is 8.23. The van der Waals surface area contributed by atoms with Crippen LogP contribution in [0.5, 0.6) is 5.75 Å². The van der Waals surface area contributed by atoms with Gasteiger partial charge in [-0.2, -0.15) is 5.10 Å². The fourth-order valence-electron chi connectivity index (χ4n) is 3.00.